The van der Waals surface area contributed by atoms with Crippen LogP contribution in [0.15, 0.2) is 36.4 Å². The summed E-state index contributed by atoms with van der Waals surface area (Å²) in [5.74, 6) is 1.60. The lowest BCUT2D eigenvalue weighted by molar-refractivity contribution is 0.906. The molecule has 1 heterocycles. The van der Waals surface area contributed by atoms with Crippen LogP contribution in [-0.4, -0.2) is 15.4 Å². The van der Waals surface area contributed by atoms with E-state index in [-0.39, 0.29) is 0 Å². The highest BCUT2D eigenvalue weighted by Crippen LogP contribution is 2.25. The van der Waals surface area contributed by atoms with Crippen molar-refractivity contribution in [2.24, 2.45) is 0 Å². The second-order valence-electron chi connectivity index (χ2n) is 5.58. The van der Waals surface area contributed by atoms with Gasteiger partial charge in [0.1, 0.15) is 5.82 Å². The van der Waals surface area contributed by atoms with Crippen molar-refractivity contribution in [3.05, 3.63) is 58.9 Å². The number of aromatic nitrogens is 2. The minimum Gasteiger partial charge on any atom is -0.296 e. The Kier molecular flexibility index (Phi) is 3.73. The van der Waals surface area contributed by atoms with Gasteiger partial charge in [-0.3, -0.25) is 4.57 Å². The van der Waals surface area contributed by atoms with Crippen molar-refractivity contribution < 1.29 is 0 Å². The van der Waals surface area contributed by atoms with Gasteiger partial charge in [0.25, 0.3) is 0 Å². The van der Waals surface area contributed by atoms with Gasteiger partial charge in [-0.25, -0.2) is 4.98 Å². The lowest BCUT2D eigenvalue weighted by atomic mass is 10.1. The summed E-state index contributed by atoms with van der Waals surface area (Å²) in [7, 11) is 0. The molecule has 3 rings (SSSR count). The molecule has 0 amide bonds. The van der Waals surface area contributed by atoms with Gasteiger partial charge in [0, 0.05) is 12.3 Å². The summed E-state index contributed by atoms with van der Waals surface area (Å²) in [6, 6.07) is 12.9. The first-order chi connectivity index (χ1) is 10.1. The molecule has 0 aliphatic rings. The molecule has 0 fully saturated rings. The van der Waals surface area contributed by atoms with Crippen LogP contribution in [0, 0.1) is 20.8 Å². The number of rotatable bonds is 3. The topological polar surface area (TPSA) is 17.8 Å². The lowest BCUT2D eigenvalue weighted by Gasteiger charge is -2.12. The summed E-state index contributed by atoms with van der Waals surface area (Å²) in [5.41, 5.74) is 7.13. The van der Waals surface area contributed by atoms with Crippen molar-refractivity contribution in [2.45, 2.75) is 27.2 Å². The summed E-state index contributed by atoms with van der Waals surface area (Å²) in [4.78, 5) is 4.78. The Morgan fingerprint density at radius 3 is 2.43 bits per heavy atom. The van der Waals surface area contributed by atoms with Gasteiger partial charge in [0.2, 0.25) is 0 Å². The maximum atomic E-state index is 5.97. The largest absolute Gasteiger partial charge is 0.296 e. The van der Waals surface area contributed by atoms with E-state index in [0.29, 0.717) is 5.88 Å². The van der Waals surface area contributed by atoms with E-state index < -0.39 is 0 Å². The maximum absolute atomic E-state index is 5.97. The quantitative estimate of drug-likeness (QED) is 0.639. The first-order valence-corrected chi connectivity index (χ1v) is 7.75. The Labute approximate surface area is 130 Å². The third kappa shape index (κ3) is 2.56. The van der Waals surface area contributed by atoms with Crippen molar-refractivity contribution in [3.8, 4) is 5.69 Å². The second kappa shape index (κ2) is 5.53. The van der Waals surface area contributed by atoms with E-state index in [9.17, 15) is 0 Å². The number of halogens is 1. The molecule has 0 aliphatic heterocycles. The summed E-state index contributed by atoms with van der Waals surface area (Å²) in [5, 5.41) is 0. The SMILES string of the molecule is Cc1ccc(-n2c(CCCl)nc3cc(C)ccc32)c(C)c1. The second-order valence-corrected chi connectivity index (χ2v) is 5.96. The first-order valence-electron chi connectivity index (χ1n) is 7.21. The molecule has 0 bridgehead atoms. The zero-order chi connectivity index (χ0) is 15.0. The van der Waals surface area contributed by atoms with Crippen LogP contribution >= 0.6 is 11.6 Å². The van der Waals surface area contributed by atoms with Crippen LogP contribution in [0.5, 0.6) is 0 Å². The van der Waals surface area contributed by atoms with Crippen LogP contribution in [-0.2, 0) is 6.42 Å². The monoisotopic (exact) mass is 298 g/mol. The van der Waals surface area contributed by atoms with Gasteiger partial charge < -0.3 is 0 Å². The molecule has 3 heteroatoms. The number of hydrogen-bond acceptors (Lipinski definition) is 1. The van der Waals surface area contributed by atoms with Gasteiger partial charge >= 0.3 is 0 Å². The third-order valence-corrected chi connectivity index (χ3v) is 3.98. The maximum Gasteiger partial charge on any atom is 0.115 e. The number of hydrogen-bond donors (Lipinski definition) is 0. The van der Waals surface area contributed by atoms with Crippen LogP contribution in [0.1, 0.15) is 22.5 Å². The third-order valence-electron chi connectivity index (χ3n) is 3.79. The molecule has 108 valence electrons. The fourth-order valence-electron chi connectivity index (χ4n) is 2.82. The van der Waals surface area contributed by atoms with Gasteiger partial charge in [-0.2, -0.15) is 0 Å². The molecule has 0 radical (unpaired) electrons. The Balaban J connectivity index is 2.30. The molecule has 2 aromatic carbocycles. The standard InChI is InChI=1S/C18H19ClN2/c1-12-4-6-16(14(3)10-12)21-17-7-5-13(2)11-15(17)20-18(21)8-9-19/h4-7,10-11H,8-9H2,1-3H3. The smallest absolute Gasteiger partial charge is 0.115 e. The number of aryl methyl sites for hydroxylation is 4. The average Bonchev–Trinajstić information content (AvgIpc) is 2.76. The predicted octanol–water partition coefficient (Wildman–Crippen LogP) is 4.73. The number of alkyl halides is 1. The number of benzene rings is 2. The highest BCUT2D eigenvalue weighted by atomic mass is 35.5. The number of fused-ring (bicyclic) bond motifs is 1. The van der Waals surface area contributed by atoms with Gasteiger partial charge in [0.05, 0.1) is 16.7 Å². The van der Waals surface area contributed by atoms with Crippen molar-refractivity contribution >= 4 is 22.6 Å². The Hall–Kier alpha value is -1.80. The molecule has 2 nitrogen and oxygen atoms in total. The van der Waals surface area contributed by atoms with Crippen LogP contribution in [0.25, 0.3) is 16.7 Å². The summed E-state index contributed by atoms with van der Waals surface area (Å²) >= 11 is 5.97. The van der Waals surface area contributed by atoms with Crippen molar-refractivity contribution in [1.82, 2.24) is 9.55 Å². The van der Waals surface area contributed by atoms with Crippen LogP contribution in [0.4, 0.5) is 0 Å². The molecule has 0 atom stereocenters. The normalized spacial score (nSPS) is 11.2. The first kappa shape index (κ1) is 14.2. The van der Waals surface area contributed by atoms with E-state index in [1.807, 2.05) is 0 Å². The van der Waals surface area contributed by atoms with Crippen molar-refractivity contribution in [3.63, 3.8) is 0 Å². The number of imidazole rings is 1. The Morgan fingerprint density at radius 2 is 1.71 bits per heavy atom. The van der Waals surface area contributed by atoms with Crippen LogP contribution < -0.4 is 0 Å². The molecule has 21 heavy (non-hydrogen) atoms. The van der Waals surface area contributed by atoms with Crippen molar-refractivity contribution in [2.75, 3.05) is 5.88 Å². The summed E-state index contributed by atoms with van der Waals surface area (Å²) in [6.07, 6.45) is 0.766. The molecule has 0 N–H and O–H groups in total. The van der Waals surface area contributed by atoms with Gasteiger partial charge in [0.15, 0.2) is 0 Å². The minimum atomic E-state index is 0.577. The zero-order valence-electron chi connectivity index (χ0n) is 12.7. The van der Waals surface area contributed by atoms with Crippen LogP contribution in [0.2, 0.25) is 0 Å². The average molecular weight is 299 g/mol. The summed E-state index contributed by atoms with van der Waals surface area (Å²) < 4.78 is 2.24. The van der Waals surface area contributed by atoms with E-state index in [1.165, 1.54) is 22.4 Å². The van der Waals surface area contributed by atoms with Gasteiger partial charge in [-0.1, -0.05) is 23.8 Å². The predicted molar refractivity (Wildman–Crippen MR) is 89.7 cm³/mol. The molecule has 0 saturated heterocycles. The zero-order valence-corrected chi connectivity index (χ0v) is 13.4. The molecule has 0 saturated carbocycles. The van der Waals surface area contributed by atoms with E-state index >= 15 is 0 Å². The highest BCUT2D eigenvalue weighted by molar-refractivity contribution is 6.17. The lowest BCUT2D eigenvalue weighted by Crippen LogP contribution is -2.04. The highest BCUT2D eigenvalue weighted by Gasteiger charge is 2.13. The van der Waals surface area contributed by atoms with E-state index in [4.69, 9.17) is 16.6 Å². The molecule has 1 aromatic heterocycles. The fourth-order valence-corrected chi connectivity index (χ4v) is 2.99. The number of nitrogens with zero attached hydrogens (tertiary/aromatic N) is 2. The molecule has 3 aromatic rings. The van der Waals surface area contributed by atoms with E-state index in [0.717, 1.165) is 23.3 Å². The molecular formula is C18H19ClN2. The fraction of sp³-hybridized carbons (Fsp3) is 0.278. The molecule has 0 unspecified atom stereocenters. The Morgan fingerprint density at radius 1 is 1.00 bits per heavy atom. The molecular weight excluding hydrogens is 280 g/mol. The van der Waals surface area contributed by atoms with Crippen LogP contribution in [0.3, 0.4) is 0 Å². The molecule has 0 spiro atoms. The van der Waals surface area contributed by atoms with E-state index in [2.05, 4.69) is 61.7 Å². The molecule has 0 aliphatic carbocycles. The van der Waals surface area contributed by atoms with Gasteiger partial charge in [-0.05, 0) is 50.1 Å². The summed E-state index contributed by atoms with van der Waals surface area (Å²) in [6.45, 7) is 6.36. The van der Waals surface area contributed by atoms with Crippen molar-refractivity contribution in [1.29, 1.82) is 0 Å². The van der Waals surface area contributed by atoms with Gasteiger partial charge in [-0.15, -0.1) is 11.6 Å². The minimum absolute atomic E-state index is 0.577. The van der Waals surface area contributed by atoms with E-state index in [1.54, 1.807) is 0 Å². The Bertz CT molecular complexity index is 802.